The standard InChI is InChI=1S/C26H25FN4O5/c1-36-21-9-8-20(32)23(24(21)27)25(34)16-4-6-17(7-5-16)26(35)31-19-14-29-13-18(19)30-22(33)11-15-3-2-10-28-12-15/h2-10,12,18-19,29,32H,11,13-14H2,1H3,(H,30,33)(H,31,35)/t18-,19-/m1/s1. The lowest BCUT2D eigenvalue weighted by Gasteiger charge is -2.21. The Hall–Kier alpha value is -4.31. The third-order valence-corrected chi connectivity index (χ3v) is 5.91. The van der Waals surface area contributed by atoms with Crippen molar-refractivity contribution in [1.29, 1.82) is 0 Å². The highest BCUT2D eigenvalue weighted by atomic mass is 19.1. The van der Waals surface area contributed by atoms with Gasteiger partial charge in [-0.15, -0.1) is 0 Å². The third kappa shape index (κ3) is 5.49. The van der Waals surface area contributed by atoms with Crippen molar-refractivity contribution in [1.82, 2.24) is 20.9 Å². The Labute approximate surface area is 206 Å². The molecule has 0 unspecified atom stereocenters. The van der Waals surface area contributed by atoms with Crippen molar-refractivity contribution in [3.8, 4) is 11.5 Å². The number of phenols is 1. The minimum Gasteiger partial charge on any atom is -0.507 e. The number of benzene rings is 2. The van der Waals surface area contributed by atoms with E-state index in [0.717, 1.165) is 5.56 Å². The first kappa shape index (κ1) is 24.8. The summed E-state index contributed by atoms with van der Waals surface area (Å²) >= 11 is 0. The van der Waals surface area contributed by atoms with E-state index in [1.54, 1.807) is 18.5 Å². The van der Waals surface area contributed by atoms with E-state index < -0.39 is 22.9 Å². The van der Waals surface area contributed by atoms with Gasteiger partial charge in [0.1, 0.15) is 11.3 Å². The number of amides is 2. The van der Waals surface area contributed by atoms with Gasteiger partial charge >= 0.3 is 0 Å². The highest BCUT2D eigenvalue weighted by molar-refractivity contribution is 6.11. The summed E-state index contributed by atoms with van der Waals surface area (Å²) in [5.74, 6) is -2.94. The van der Waals surface area contributed by atoms with E-state index in [-0.39, 0.29) is 47.2 Å². The van der Waals surface area contributed by atoms with Crippen LogP contribution in [0.4, 0.5) is 4.39 Å². The fraction of sp³-hybridized carbons (Fsp3) is 0.231. The Bertz CT molecular complexity index is 1270. The van der Waals surface area contributed by atoms with Gasteiger partial charge < -0.3 is 25.8 Å². The monoisotopic (exact) mass is 492 g/mol. The van der Waals surface area contributed by atoms with Gasteiger partial charge in [0, 0.05) is 36.6 Å². The van der Waals surface area contributed by atoms with Crippen LogP contribution in [0.25, 0.3) is 0 Å². The summed E-state index contributed by atoms with van der Waals surface area (Å²) in [5.41, 5.74) is 0.665. The molecule has 2 heterocycles. The zero-order chi connectivity index (χ0) is 25.7. The van der Waals surface area contributed by atoms with Crippen LogP contribution >= 0.6 is 0 Å². The molecule has 2 amide bonds. The number of aromatic nitrogens is 1. The summed E-state index contributed by atoms with van der Waals surface area (Å²) in [7, 11) is 1.26. The van der Waals surface area contributed by atoms with Crippen molar-refractivity contribution in [2.75, 3.05) is 20.2 Å². The van der Waals surface area contributed by atoms with Gasteiger partial charge in [-0.25, -0.2) is 4.39 Å². The maximum absolute atomic E-state index is 14.5. The predicted molar refractivity (Wildman–Crippen MR) is 128 cm³/mol. The molecule has 4 N–H and O–H groups in total. The number of methoxy groups -OCH3 is 1. The SMILES string of the molecule is COc1ccc(O)c(C(=O)c2ccc(C(=O)N[C@@H]3CNC[C@H]3NC(=O)Cc3cccnc3)cc2)c1F. The second-order valence-electron chi connectivity index (χ2n) is 8.33. The molecule has 9 nitrogen and oxygen atoms in total. The van der Waals surface area contributed by atoms with Crippen molar-refractivity contribution >= 4 is 17.6 Å². The lowest BCUT2D eigenvalue weighted by molar-refractivity contribution is -0.121. The summed E-state index contributed by atoms with van der Waals surface area (Å²) in [6.07, 6.45) is 3.45. The molecule has 186 valence electrons. The maximum atomic E-state index is 14.5. The van der Waals surface area contributed by atoms with Crippen LogP contribution < -0.4 is 20.7 Å². The molecule has 4 rings (SSSR count). The maximum Gasteiger partial charge on any atom is 0.251 e. The number of halogens is 1. The van der Waals surface area contributed by atoms with Gasteiger partial charge in [-0.05, 0) is 35.9 Å². The number of aromatic hydroxyl groups is 1. The van der Waals surface area contributed by atoms with Gasteiger partial charge in [0.15, 0.2) is 17.3 Å². The molecule has 36 heavy (non-hydrogen) atoms. The van der Waals surface area contributed by atoms with Crippen LogP contribution in [0, 0.1) is 5.82 Å². The van der Waals surface area contributed by atoms with E-state index in [9.17, 15) is 23.9 Å². The summed E-state index contributed by atoms with van der Waals surface area (Å²) in [4.78, 5) is 42.0. The van der Waals surface area contributed by atoms with Crippen LogP contribution in [0.15, 0.2) is 60.9 Å². The minimum atomic E-state index is -0.963. The van der Waals surface area contributed by atoms with E-state index in [2.05, 4.69) is 20.9 Å². The summed E-state index contributed by atoms with van der Waals surface area (Å²) in [5, 5.41) is 19.0. The topological polar surface area (TPSA) is 130 Å². The zero-order valence-electron chi connectivity index (χ0n) is 19.5. The van der Waals surface area contributed by atoms with Gasteiger partial charge in [-0.1, -0.05) is 18.2 Å². The molecular formula is C26H25FN4O5. The van der Waals surface area contributed by atoms with Gasteiger partial charge in [0.2, 0.25) is 5.91 Å². The average Bonchev–Trinajstić information content (AvgIpc) is 3.30. The average molecular weight is 493 g/mol. The summed E-state index contributed by atoms with van der Waals surface area (Å²) in [6, 6.07) is 11.0. The third-order valence-electron chi connectivity index (χ3n) is 5.91. The molecule has 0 bridgehead atoms. The quantitative estimate of drug-likeness (QED) is 0.352. The number of pyridine rings is 1. The Morgan fingerprint density at radius 2 is 1.75 bits per heavy atom. The lowest BCUT2D eigenvalue weighted by atomic mass is 10.00. The second kappa shape index (κ2) is 11.0. The fourth-order valence-electron chi connectivity index (χ4n) is 4.02. The molecule has 2 atom stereocenters. The zero-order valence-corrected chi connectivity index (χ0v) is 19.5. The van der Waals surface area contributed by atoms with Crippen molar-refractivity contribution in [2.24, 2.45) is 0 Å². The number of hydrogen-bond acceptors (Lipinski definition) is 7. The van der Waals surface area contributed by atoms with Crippen molar-refractivity contribution in [3.63, 3.8) is 0 Å². The van der Waals surface area contributed by atoms with Gasteiger partial charge in [-0.3, -0.25) is 19.4 Å². The number of rotatable bonds is 8. The molecule has 0 spiro atoms. The van der Waals surface area contributed by atoms with Crippen molar-refractivity contribution < 1.29 is 28.6 Å². The highest BCUT2D eigenvalue weighted by Gasteiger charge is 2.30. The molecule has 0 saturated carbocycles. The molecule has 1 saturated heterocycles. The van der Waals surface area contributed by atoms with Crippen LogP contribution in [-0.2, 0) is 11.2 Å². The molecule has 1 aliphatic heterocycles. The molecule has 0 aliphatic carbocycles. The molecule has 0 radical (unpaired) electrons. The molecular weight excluding hydrogens is 467 g/mol. The van der Waals surface area contributed by atoms with E-state index >= 15 is 0 Å². The highest BCUT2D eigenvalue weighted by Crippen LogP contribution is 2.30. The van der Waals surface area contributed by atoms with Crippen LogP contribution in [0.5, 0.6) is 11.5 Å². The van der Waals surface area contributed by atoms with E-state index in [0.29, 0.717) is 13.1 Å². The Kier molecular flexibility index (Phi) is 7.55. The predicted octanol–water partition coefficient (Wildman–Crippen LogP) is 1.60. The lowest BCUT2D eigenvalue weighted by Crippen LogP contribution is -2.51. The Balaban J connectivity index is 1.39. The molecule has 1 aliphatic rings. The molecule has 10 heteroatoms. The van der Waals surface area contributed by atoms with E-state index in [4.69, 9.17) is 4.74 Å². The first-order valence-electron chi connectivity index (χ1n) is 11.3. The van der Waals surface area contributed by atoms with Crippen LogP contribution in [0.1, 0.15) is 31.8 Å². The molecule has 1 fully saturated rings. The Morgan fingerprint density at radius 1 is 1.06 bits per heavy atom. The first-order chi connectivity index (χ1) is 17.4. The largest absolute Gasteiger partial charge is 0.507 e. The normalized spacial score (nSPS) is 16.8. The summed E-state index contributed by atoms with van der Waals surface area (Å²) in [6.45, 7) is 0.987. The number of nitrogens with one attached hydrogen (secondary N) is 3. The smallest absolute Gasteiger partial charge is 0.251 e. The first-order valence-corrected chi connectivity index (χ1v) is 11.3. The van der Waals surface area contributed by atoms with Crippen molar-refractivity contribution in [3.05, 3.63) is 89.0 Å². The number of hydrogen-bond donors (Lipinski definition) is 4. The van der Waals surface area contributed by atoms with Gasteiger partial charge in [0.05, 0.1) is 25.6 Å². The number of ketones is 1. The molecule has 1 aromatic heterocycles. The number of phenolic OH excluding ortho intramolecular Hbond substituents is 1. The molecule has 2 aromatic carbocycles. The van der Waals surface area contributed by atoms with Crippen LogP contribution in [0.3, 0.4) is 0 Å². The molecule has 3 aromatic rings. The number of ether oxygens (including phenoxy) is 1. The number of carbonyl (C=O) groups excluding carboxylic acids is 3. The van der Waals surface area contributed by atoms with Crippen LogP contribution in [0.2, 0.25) is 0 Å². The van der Waals surface area contributed by atoms with E-state index in [1.165, 1.54) is 43.5 Å². The van der Waals surface area contributed by atoms with Crippen LogP contribution in [-0.4, -0.2) is 60.0 Å². The van der Waals surface area contributed by atoms with Gasteiger partial charge in [0.25, 0.3) is 5.91 Å². The number of nitrogens with zero attached hydrogens (tertiary/aromatic N) is 1. The van der Waals surface area contributed by atoms with Crippen molar-refractivity contribution in [2.45, 2.75) is 18.5 Å². The fourth-order valence-corrected chi connectivity index (χ4v) is 4.02. The second-order valence-corrected chi connectivity index (χ2v) is 8.33. The number of carbonyl (C=O) groups is 3. The van der Waals surface area contributed by atoms with E-state index in [1.807, 2.05) is 6.07 Å². The Morgan fingerprint density at radius 3 is 2.42 bits per heavy atom. The summed E-state index contributed by atoms with van der Waals surface area (Å²) < 4.78 is 19.4. The minimum absolute atomic E-state index is 0.0945. The van der Waals surface area contributed by atoms with Gasteiger partial charge in [-0.2, -0.15) is 0 Å².